The average Bonchev–Trinajstić information content (AvgIpc) is 3.00. The number of sulfonamides is 1. The zero-order valence-electron chi connectivity index (χ0n) is 23.9. The Balaban J connectivity index is 1.40. The van der Waals surface area contributed by atoms with Gasteiger partial charge in [0.05, 0.1) is 23.4 Å². The van der Waals surface area contributed by atoms with Gasteiger partial charge in [-0.15, -0.1) is 0 Å². The Labute approximate surface area is 247 Å². The number of amides is 2. The van der Waals surface area contributed by atoms with E-state index in [4.69, 9.17) is 9.47 Å². The van der Waals surface area contributed by atoms with Crippen LogP contribution in [0.25, 0.3) is 0 Å². The first-order valence-electron chi connectivity index (χ1n) is 13.9. The molecule has 0 bridgehead atoms. The predicted octanol–water partition coefficient (Wildman–Crippen LogP) is 4.13. The highest BCUT2D eigenvalue weighted by Crippen LogP contribution is 2.32. The molecule has 3 aromatic carbocycles. The lowest BCUT2D eigenvalue weighted by Crippen LogP contribution is -2.39. The van der Waals surface area contributed by atoms with Gasteiger partial charge in [0.1, 0.15) is 18.0 Å². The quantitative estimate of drug-likeness (QED) is 0.250. The van der Waals surface area contributed by atoms with Crippen LogP contribution in [0.2, 0.25) is 0 Å². The maximum atomic E-state index is 13.7. The zero-order chi connectivity index (χ0) is 30.0. The number of nitrogens with one attached hydrogen (secondary N) is 1. The Hall–Kier alpha value is -4.38. The fraction of sp³-hybridized carbons (Fsp3) is 0.323. The Morgan fingerprint density at radius 3 is 2.33 bits per heavy atom. The van der Waals surface area contributed by atoms with Gasteiger partial charge in [-0.05, 0) is 87.2 Å². The number of benzene rings is 3. The molecule has 1 heterocycles. The van der Waals surface area contributed by atoms with E-state index in [2.05, 4.69) is 10.5 Å². The van der Waals surface area contributed by atoms with Crippen molar-refractivity contribution in [1.82, 2.24) is 10.3 Å². The van der Waals surface area contributed by atoms with Crippen LogP contribution in [0.1, 0.15) is 37.3 Å². The highest BCUT2D eigenvalue weighted by molar-refractivity contribution is 7.92. The van der Waals surface area contributed by atoms with Crippen molar-refractivity contribution in [2.75, 3.05) is 37.2 Å². The molecule has 0 aliphatic carbocycles. The van der Waals surface area contributed by atoms with Gasteiger partial charge in [0.15, 0.2) is 6.61 Å². The normalized spacial score (nSPS) is 13.5. The van der Waals surface area contributed by atoms with E-state index in [-0.39, 0.29) is 23.1 Å². The number of piperidine rings is 1. The summed E-state index contributed by atoms with van der Waals surface area (Å²) in [6, 6.07) is 20.0. The van der Waals surface area contributed by atoms with E-state index >= 15 is 0 Å². The molecule has 1 N–H and O–H groups in total. The standard InChI is InChI=1S/C31H36N4O6S/c1-3-40-29-10-6-5-9-28(29)35(42(38,39)27-17-11-24(2)12-18-27)22-30(36)33-32-21-25-13-15-26(16-14-25)41-23-31(37)34-19-7-4-8-20-34/h5-6,9-18,21H,3-4,7-8,19-20,22-23H2,1-2H3,(H,33,36)/b32-21-. The van der Waals surface area contributed by atoms with Crippen LogP contribution in [0.3, 0.4) is 0 Å². The minimum Gasteiger partial charge on any atom is -0.492 e. The Morgan fingerprint density at radius 1 is 0.952 bits per heavy atom. The van der Waals surface area contributed by atoms with Crippen LogP contribution in [0, 0.1) is 6.92 Å². The van der Waals surface area contributed by atoms with Crippen LogP contribution in [0.15, 0.2) is 82.8 Å². The summed E-state index contributed by atoms with van der Waals surface area (Å²) in [5.74, 6) is 0.230. The molecule has 3 aromatic rings. The molecule has 0 saturated carbocycles. The second-order valence-corrected chi connectivity index (χ2v) is 11.7. The Kier molecular flexibility index (Phi) is 10.6. The summed E-state index contributed by atoms with van der Waals surface area (Å²) in [5.41, 5.74) is 4.24. The Bertz CT molecular complexity index is 1480. The number of hydrogen-bond donors (Lipinski definition) is 1. The van der Waals surface area contributed by atoms with Crippen molar-refractivity contribution >= 4 is 33.7 Å². The maximum Gasteiger partial charge on any atom is 0.264 e. The van der Waals surface area contributed by atoms with Crippen molar-refractivity contribution in [3.63, 3.8) is 0 Å². The summed E-state index contributed by atoms with van der Waals surface area (Å²) in [4.78, 5) is 27.1. The first-order valence-corrected chi connectivity index (χ1v) is 15.4. The van der Waals surface area contributed by atoms with Crippen LogP contribution in [0.4, 0.5) is 5.69 Å². The van der Waals surface area contributed by atoms with Gasteiger partial charge in [-0.2, -0.15) is 5.10 Å². The van der Waals surface area contributed by atoms with Crippen molar-refractivity contribution < 1.29 is 27.5 Å². The fourth-order valence-corrected chi connectivity index (χ4v) is 5.88. The summed E-state index contributed by atoms with van der Waals surface area (Å²) in [5, 5.41) is 4.00. The molecule has 1 saturated heterocycles. The van der Waals surface area contributed by atoms with Crippen LogP contribution >= 0.6 is 0 Å². The van der Waals surface area contributed by atoms with Gasteiger partial charge in [-0.3, -0.25) is 13.9 Å². The first kappa shape index (κ1) is 30.6. The van der Waals surface area contributed by atoms with Gasteiger partial charge < -0.3 is 14.4 Å². The van der Waals surface area contributed by atoms with Gasteiger partial charge in [0, 0.05) is 13.1 Å². The minimum absolute atomic E-state index is 0.0160. The molecule has 1 aliphatic heterocycles. The van der Waals surface area contributed by atoms with Gasteiger partial charge in [-0.1, -0.05) is 29.8 Å². The zero-order valence-corrected chi connectivity index (χ0v) is 24.7. The first-order chi connectivity index (χ1) is 20.3. The van der Waals surface area contributed by atoms with E-state index in [9.17, 15) is 18.0 Å². The minimum atomic E-state index is -4.11. The molecule has 0 spiro atoms. The number of carbonyl (C=O) groups is 2. The molecule has 4 rings (SSSR count). The van der Waals surface area contributed by atoms with E-state index in [1.807, 2.05) is 11.8 Å². The lowest BCUT2D eigenvalue weighted by molar-refractivity contribution is -0.134. The molecule has 0 radical (unpaired) electrons. The number of para-hydroxylation sites is 2. The highest BCUT2D eigenvalue weighted by atomic mass is 32.2. The molecule has 222 valence electrons. The van der Waals surface area contributed by atoms with E-state index in [0.29, 0.717) is 23.7 Å². The lowest BCUT2D eigenvalue weighted by Gasteiger charge is -2.26. The maximum absolute atomic E-state index is 13.7. The number of rotatable bonds is 12. The number of nitrogens with zero attached hydrogens (tertiary/aromatic N) is 3. The molecular formula is C31H36N4O6S. The smallest absolute Gasteiger partial charge is 0.264 e. The molecule has 0 aromatic heterocycles. The number of carbonyl (C=O) groups excluding carboxylic acids is 2. The SMILES string of the molecule is CCOc1ccccc1N(CC(=O)N/N=C\c1ccc(OCC(=O)N2CCCCC2)cc1)S(=O)(=O)c1ccc(C)cc1. The number of hydrogen-bond acceptors (Lipinski definition) is 7. The van der Waals surface area contributed by atoms with E-state index in [0.717, 1.165) is 42.2 Å². The summed E-state index contributed by atoms with van der Waals surface area (Å²) in [7, 11) is -4.11. The van der Waals surface area contributed by atoms with Gasteiger partial charge in [0.2, 0.25) is 0 Å². The molecule has 10 nitrogen and oxygen atoms in total. The van der Waals surface area contributed by atoms with Crippen molar-refractivity contribution in [2.45, 2.75) is 38.0 Å². The van der Waals surface area contributed by atoms with E-state index < -0.39 is 22.5 Å². The van der Waals surface area contributed by atoms with Crippen LogP contribution in [0.5, 0.6) is 11.5 Å². The second-order valence-electron chi connectivity index (χ2n) is 9.82. The number of ether oxygens (including phenoxy) is 2. The van der Waals surface area contributed by atoms with E-state index in [1.165, 1.54) is 18.3 Å². The lowest BCUT2D eigenvalue weighted by atomic mass is 10.1. The van der Waals surface area contributed by atoms with Crippen LogP contribution < -0.4 is 19.2 Å². The number of aryl methyl sites for hydroxylation is 1. The summed E-state index contributed by atoms with van der Waals surface area (Å²) >= 11 is 0. The summed E-state index contributed by atoms with van der Waals surface area (Å²) in [6.07, 6.45) is 4.64. The third kappa shape index (κ3) is 8.10. The average molecular weight is 593 g/mol. The Morgan fingerprint density at radius 2 is 1.64 bits per heavy atom. The summed E-state index contributed by atoms with van der Waals surface area (Å²) in [6.45, 7) is 5.00. The van der Waals surface area contributed by atoms with Gasteiger partial charge >= 0.3 is 0 Å². The third-order valence-corrected chi connectivity index (χ3v) is 8.46. The number of hydrazone groups is 1. The third-order valence-electron chi connectivity index (χ3n) is 6.68. The van der Waals surface area contributed by atoms with Crippen molar-refractivity contribution in [1.29, 1.82) is 0 Å². The van der Waals surface area contributed by atoms with Gasteiger partial charge in [0.25, 0.3) is 21.8 Å². The molecule has 42 heavy (non-hydrogen) atoms. The highest BCUT2D eigenvalue weighted by Gasteiger charge is 2.29. The molecule has 1 aliphatic rings. The topological polar surface area (TPSA) is 118 Å². The van der Waals surface area contributed by atoms with Crippen molar-refractivity contribution in [2.24, 2.45) is 5.10 Å². The molecule has 1 fully saturated rings. The van der Waals surface area contributed by atoms with Crippen LogP contribution in [-0.4, -0.2) is 64.2 Å². The summed E-state index contributed by atoms with van der Waals surface area (Å²) < 4.78 is 39.6. The molecule has 2 amide bonds. The number of likely N-dealkylation sites (tertiary alicyclic amines) is 1. The van der Waals surface area contributed by atoms with Crippen molar-refractivity contribution in [3.8, 4) is 11.5 Å². The fourth-order valence-electron chi connectivity index (χ4n) is 4.45. The number of anilines is 1. The predicted molar refractivity (Wildman–Crippen MR) is 161 cm³/mol. The molecular weight excluding hydrogens is 556 g/mol. The molecule has 11 heteroatoms. The van der Waals surface area contributed by atoms with Crippen molar-refractivity contribution in [3.05, 3.63) is 83.9 Å². The monoisotopic (exact) mass is 592 g/mol. The van der Waals surface area contributed by atoms with E-state index in [1.54, 1.807) is 67.6 Å². The second kappa shape index (κ2) is 14.5. The van der Waals surface area contributed by atoms with Crippen LogP contribution in [-0.2, 0) is 19.6 Å². The molecule has 0 atom stereocenters. The largest absolute Gasteiger partial charge is 0.492 e. The molecule has 0 unspecified atom stereocenters. The van der Waals surface area contributed by atoms with Gasteiger partial charge in [-0.25, -0.2) is 13.8 Å².